The monoisotopic (exact) mass is 319 g/mol. The summed E-state index contributed by atoms with van der Waals surface area (Å²) in [5.74, 6) is -0.262. The second kappa shape index (κ2) is 5.56. The Hall–Kier alpha value is -1.30. The Morgan fingerprint density at radius 3 is 2.50 bits per heavy atom. The zero-order valence-corrected chi connectivity index (χ0v) is 12.2. The van der Waals surface area contributed by atoms with Crippen molar-refractivity contribution < 1.29 is 18.7 Å². The molecule has 100 valence electrons. The number of anilines is 1. The first-order valence-electron chi connectivity index (χ1n) is 5.26. The van der Waals surface area contributed by atoms with E-state index in [1.807, 2.05) is 0 Å². The maximum absolute atomic E-state index is 13.8. The third kappa shape index (κ3) is 3.87. The summed E-state index contributed by atoms with van der Waals surface area (Å²) in [6.07, 6.45) is -0.710. The summed E-state index contributed by atoms with van der Waals surface area (Å²) in [4.78, 5) is 11.5. The van der Waals surface area contributed by atoms with Gasteiger partial charge >= 0.3 is 6.09 Å². The van der Waals surface area contributed by atoms with E-state index in [0.717, 1.165) is 0 Å². The standard InChI is InChI=1S/C12H15BrFNO3/c1-12(2,3)18-11(16)15-7-5-6-8(17-4)9(13)10(7)14/h5-6H,1-4H3,(H,15,16). The molecule has 0 aliphatic heterocycles. The lowest BCUT2D eigenvalue weighted by Gasteiger charge is -2.20. The van der Waals surface area contributed by atoms with Crippen molar-refractivity contribution in [3.63, 3.8) is 0 Å². The molecule has 1 aromatic carbocycles. The Labute approximate surface area is 114 Å². The van der Waals surface area contributed by atoms with E-state index in [1.54, 1.807) is 26.8 Å². The quantitative estimate of drug-likeness (QED) is 0.898. The number of carbonyl (C=O) groups excluding carboxylic acids is 1. The molecule has 0 unspecified atom stereocenters. The van der Waals surface area contributed by atoms with E-state index in [-0.39, 0.29) is 10.2 Å². The fourth-order valence-electron chi connectivity index (χ4n) is 1.20. The van der Waals surface area contributed by atoms with Gasteiger partial charge in [0.05, 0.1) is 17.3 Å². The van der Waals surface area contributed by atoms with Crippen molar-refractivity contribution in [3.05, 3.63) is 22.4 Å². The maximum Gasteiger partial charge on any atom is 0.412 e. The van der Waals surface area contributed by atoms with E-state index in [9.17, 15) is 9.18 Å². The van der Waals surface area contributed by atoms with Crippen LogP contribution in [-0.4, -0.2) is 18.8 Å². The van der Waals surface area contributed by atoms with Crippen molar-refractivity contribution in [2.24, 2.45) is 0 Å². The average molecular weight is 320 g/mol. The number of rotatable bonds is 2. The van der Waals surface area contributed by atoms with Crippen molar-refractivity contribution in [1.82, 2.24) is 0 Å². The third-order valence-corrected chi connectivity index (χ3v) is 2.64. The maximum atomic E-state index is 13.8. The number of hydrogen-bond donors (Lipinski definition) is 1. The van der Waals surface area contributed by atoms with Crippen molar-refractivity contribution in [2.45, 2.75) is 26.4 Å². The van der Waals surface area contributed by atoms with Gasteiger partial charge in [-0.05, 0) is 48.8 Å². The van der Waals surface area contributed by atoms with Gasteiger partial charge in [-0.2, -0.15) is 0 Å². The fraction of sp³-hybridized carbons (Fsp3) is 0.417. The molecule has 0 bridgehead atoms. The number of benzene rings is 1. The first-order valence-corrected chi connectivity index (χ1v) is 6.06. The molecule has 0 aromatic heterocycles. The molecule has 0 saturated carbocycles. The summed E-state index contributed by atoms with van der Waals surface area (Å²) in [7, 11) is 1.43. The molecule has 1 rings (SSSR count). The molecule has 0 heterocycles. The Morgan fingerprint density at radius 2 is 2.00 bits per heavy atom. The first kappa shape index (κ1) is 14.8. The summed E-state index contributed by atoms with van der Waals surface area (Å²) >= 11 is 3.05. The van der Waals surface area contributed by atoms with Crippen molar-refractivity contribution in [3.8, 4) is 5.75 Å². The van der Waals surface area contributed by atoms with Crippen LogP contribution in [0.5, 0.6) is 5.75 Å². The second-order valence-electron chi connectivity index (χ2n) is 4.57. The van der Waals surface area contributed by atoms with Crippen LogP contribution in [-0.2, 0) is 4.74 Å². The second-order valence-corrected chi connectivity index (χ2v) is 5.36. The SMILES string of the molecule is COc1ccc(NC(=O)OC(C)(C)C)c(F)c1Br. The van der Waals surface area contributed by atoms with Gasteiger partial charge in [0.2, 0.25) is 0 Å². The summed E-state index contributed by atoms with van der Waals surface area (Å²) in [6.45, 7) is 5.19. The highest BCUT2D eigenvalue weighted by molar-refractivity contribution is 9.10. The minimum atomic E-state index is -0.710. The van der Waals surface area contributed by atoms with Crippen molar-refractivity contribution >= 4 is 27.7 Å². The fourth-order valence-corrected chi connectivity index (χ4v) is 1.71. The van der Waals surface area contributed by atoms with Gasteiger partial charge in [-0.25, -0.2) is 9.18 Å². The molecule has 6 heteroatoms. The average Bonchev–Trinajstić information content (AvgIpc) is 2.22. The van der Waals surface area contributed by atoms with Gasteiger partial charge in [0.1, 0.15) is 11.4 Å². The zero-order chi connectivity index (χ0) is 13.9. The van der Waals surface area contributed by atoms with Crippen molar-refractivity contribution in [1.29, 1.82) is 0 Å². The highest BCUT2D eigenvalue weighted by Gasteiger charge is 2.19. The Kier molecular flexibility index (Phi) is 4.56. The van der Waals surface area contributed by atoms with Crippen LogP contribution in [0.25, 0.3) is 0 Å². The van der Waals surface area contributed by atoms with Crippen LogP contribution in [0.4, 0.5) is 14.9 Å². The van der Waals surface area contributed by atoms with Crippen LogP contribution in [0.1, 0.15) is 20.8 Å². The van der Waals surface area contributed by atoms with Gasteiger partial charge in [-0.15, -0.1) is 0 Å². The predicted molar refractivity (Wildman–Crippen MR) is 70.5 cm³/mol. The van der Waals surface area contributed by atoms with Crippen LogP contribution in [0, 0.1) is 5.82 Å². The van der Waals surface area contributed by atoms with E-state index < -0.39 is 17.5 Å². The molecule has 0 spiro atoms. The smallest absolute Gasteiger partial charge is 0.412 e. The van der Waals surface area contributed by atoms with Gasteiger partial charge in [0.25, 0.3) is 0 Å². The lowest BCUT2D eigenvalue weighted by atomic mass is 10.2. The van der Waals surface area contributed by atoms with E-state index in [2.05, 4.69) is 21.2 Å². The Bertz CT molecular complexity index is 457. The van der Waals surface area contributed by atoms with E-state index in [0.29, 0.717) is 5.75 Å². The third-order valence-electron chi connectivity index (χ3n) is 1.90. The number of nitrogens with one attached hydrogen (secondary N) is 1. The first-order chi connectivity index (χ1) is 8.24. The minimum Gasteiger partial charge on any atom is -0.495 e. The van der Waals surface area contributed by atoms with Crippen LogP contribution >= 0.6 is 15.9 Å². The van der Waals surface area contributed by atoms with E-state index in [4.69, 9.17) is 9.47 Å². The molecule has 1 N–H and O–H groups in total. The summed E-state index contributed by atoms with van der Waals surface area (Å²) in [5, 5.41) is 2.34. The summed E-state index contributed by atoms with van der Waals surface area (Å²) < 4.78 is 24.0. The van der Waals surface area contributed by atoms with Crippen molar-refractivity contribution in [2.75, 3.05) is 12.4 Å². The van der Waals surface area contributed by atoms with Crippen LogP contribution in [0.3, 0.4) is 0 Å². The number of halogens is 2. The van der Waals surface area contributed by atoms with Gasteiger partial charge in [-0.1, -0.05) is 0 Å². The molecule has 0 atom stereocenters. The lowest BCUT2D eigenvalue weighted by Crippen LogP contribution is -2.27. The molecule has 0 saturated heterocycles. The van der Waals surface area contributed by atoms with Gasteiger partial charge in [0, 0.05) is 0 Å². The molecule has 1 amide bonds. The predicted octanol–water partition coefficient (Wildman–Crippen LogP) is 3.94. The molecule has 18 heavy (non-hydrogen) atoms. The Balaban J connectivity index is 2.86. The van der Waals surface area contributed by atoms with Gasteiger partial charge in [-0.3, -0.25) is 5.32 Å². The molecule has 0 aliphatic carbocycles. The normalized spacial score (nSPS) is 11.0. The molecular formula is C12H15BrFNO3. The molecule has 0 fully saturated rings. The number of ether oxygens (including phenoxy) is 2. The Morgan fingerprint density at radius 1 is 1.39 bits per heavy atom. The van der Waals surface area contributed by atoms with E-state index in [1.165, 1.54) is 13.2 Å². The molecule has 0 radical (unpaired) electrons. The molecule has 1 aromatic rings. The highest BCUT2D eigenvalue weighted by atomic mass is 79.9. The van der Waals surface area contributed by atoms with Gasteiger partial charge < -0.3 is 9.47 Å². The van der Waals surface area contributed by atoms with Crippen LogP contribution in [0.2, 0.25) is 0 Å². The molecule has 0 aliphatic rings. The van der Waals surface area contributed by atoms with Crippen LogP contribution in [0.15, 0.2) is 16.6 Å². The summed E-state index contributed by atoms with van der Waals surface area (Å²) in [6, 6.07) is 2.95. The highest BCUT2D eigenvalue weighted by Crippen LogP contribution is 2.32. The number of methoxy groups -OCH3 is 1. The minimum absolute atomic E-state index is 0.0249. The number of hydrogen-bond acceptors (Lipinski definition) is 3. The largest absolute Gasteiger partial charge is 0.495 e. The topological polar surface area (TPSA) is 47.6 Å². The lowest BCUT2D eigenvalue weighted by molar-refractivity contribution is 0.0635. The summed E-state index contributed by atoms with van der Waals surface area (Å²) in [5.41, 5.74) is -0.610. The zero-order valence-electron chi connectivity index (χ0n) is 10.6. The molecular weight excluding hydrogens is 305 g/mol. The molecule has 4 nitrogen and oxygen atoms in total. The number of amides is 1. The van der Waals surface area contributed by atoms with Crippen LogP contribution < -0.4 is 10.1 Å². The number of carbonyl (C=O) groups is 1. The van der Waals surface area contributed by atoms with Gasteiger partial charge in [0.15, 0.2) is 5.82 Å². The van der Waals surface area contributed by atoms with E-state index >= 15 is 0 Å².